The number of carboxylic acid groups (broad SMARTS) is 1. The van der Waals surface area contributed by atoms with Crippen LogP contribution in [-0.4, -0.2) is 35.9 Å². The molecule has 21 heavy (non-hydrogen) atoms. The van der Waals surface area contributed by atoms with Crippen molar-refractivity contribution in [3.63, 3.8) is 0 Å². The van der Waals surface area contributed by atoms with Gasteiger partial charge in [-0.3, -0.25) is 4.79 Å². The van der Waals surface area contributed by atoms with Crippen molar-refractivity contribution in [1.29, 1.82) is 0 Å². The zero-order chi connectivity index (χ0) is 15.8. The molecule has 1 atom stereocenters. The average Bonchev–Trinajstić information content (AvgIpc) is 2.96. The van der Waals surface area contributed by atoms with Gasteiger partial charge in [0, 0.05) is 6.54 Å². The van der Waals surface area contributed by atoms with E-state index < -0.39 is 21.5 Å². The maximum atomic E-state index is 12.8. The van der Waals surface area contributed by atoms with E-state index in [1.807, 2.05) is 6.92 Å². The molecule has 0 aromatic carbocycles. The van der Waals surface area contributed by atoms with Crippen LogP contribution in [-0.2, 0) is 14.8 Å². The SMILES string of the molecule is CCCC1(C(=O)O)CCCN1S(=O)(=O)c1cc(Cl)c(Br)s1. The number of hydrogen-bond donors (Lipinski definition) is 1. The van der Waals surface area contributed by atoms with Crippen LogP contribution in [0.3, 0.4) is 0 Å². The van der Waals surface area contributed by atoms with Crippen molar-refractivity contribution in [2.45, 2.75) is 42.4 Å². The fourth-order valence-corrected chi connectivity index (χ4v) is 7.09. The van der Waals surface area contributed by atoms with Crippen LogP contribution in [0.15, 0.2) is 14.1 Å². The van der Waals surface area contributed by atoms with Crippen LogP contribution in [0.25, 0.3) is 0 Å². The van der Waals surface area contributed by atoms with E-state index in [-0.39, 0.29) is 10.8 Å². The molecule has 1 saturated heterocycles. The number of carboxylic acids is 1. The van der Waals surface area contributed by atoms with Crippen molar-refractivity contribution in [2.24, 2.45) is 0 Å². The average molecular weight is 417 g/mol. The third kappa shape index (κ3) is 2.88. The Labute approximate surface area is 141 Å². The fourth-order valence-electron chi connectivity index (χ4n) is 2.75. The van der Waals surface area contributed by atoms with Crippen LogP contribution < -0.4 is 0 Å². The molecule has 1 fully saturated rings. The van der Waals surface area contributed by atoms with E-state index in [1.54, 1.807) is 0 Å². The molecule has 118 valence electrons. The Balaban J connectivity index is 2.49. The van der Waals surface area contributed by atoms with Crippen molar-refractivity contribution in [3.05, 3.63) is 14.9 Å². The van der Waals surface area contributed by atoms with E-state index in [0.717, 1.165) is 15.6 Å². The second-order valence-corrected chi connectivity index (χ2v) is 9.82. The normalized spacial score (nSPS) is 23.6. The number of halogens is 2. The summed E-state index contributed by atoms with van der Waals surface area (Å²) in [5, 5.41) is 9.91. The molecular formula is C12H15BrClNO4S2. The van der Waals surface area contributed by atoms with Gasteiger partial charge in [-0.25, -0.2) is 8.42 Å². The summed E-state index contributed by atoms with van der Waals surface area (Å²) in [5.41, 5.74) is -1.34. The zero-order valence-corrected chi connectivity index (χ0v) is 15.3. The fraction of sp³-hybridized carbons (Fsp3) is 0.583. The lowest BCUT2D eigenvalue weighted by molar-refractivity contribution is -0.147. The molecule has 9 heteroatoms. The van der Waals surface area contributed by atoms with E-state index >= 15 is 0 Å². The highest BCUT2D eigenvalue weighted by Crippen LogP contribution is 2.42. The Bertz CT molecular complexity index is 641. The smallest absolute Gasteiger partial charge is 0.325 e. The van der Waals surface area contributed by atoms with Crippen LogP contribution >= 0.6 is 38.9 Å². The van der Waals surface area contributed by atoms with Gasteiger partial charge in [0.05, 0.1) is 8.81 Å². The van der Waals surface area contributed by atoms with E-state index in [4.69, 9.17) is 11.6 Å². The van der Waals surface area contributed by atoms with Gasteiger partial charge in [-0.15, -0.1) is 11.3 Å². The number of nitrogens with zero attached hydrogens (tertiary/aromatic N) is 1. The molecule has 0 amide bonds. The summed E-state index contributed by atoms with van der Waals surface area (Å²) in [4.78, 5) is 11.7. The topological polar surface area (TPSA) is 74.7 Å². The van der Waals surface area contributed by atoms with Gasteiger partial charge in [0.25, 0.3) is 10.0 Å². The highest BCUT2D eigenvalue weighted by molar-refractivity contribution is 9.11. The second kappa shape index (κ2) is 6.16. The highest BCUT2D eigenvalue weighted by atomic mass is 79.9. The molecule has 0 aliphatic carbocycles. The molecule has 1 N–H and O–H groups in total. The van der Waals surface area contributed by atoms with Gasteiger partial charge in [-0.05, 0) is 41.3 Å². The molecule has 2 heterocycles. The first kappa shape index (κ1) is 17.2. The van der Waals surface area contributed by atoms with Crippen LogP contribution in [0.5, 0.6) is 0 Å². The molecule has 0 saturated carbocycles. The zero-order valence-electron chi connectivity index (χ0n) is 11.3. The molecule has 1 aliphatic rings. The first-order valence-corrected chi connectivity index (χ1v) is 9.89. The minimum absolute atomic E-state index is 0.0722. The Morgan fingerprint density at radius 3 is 2.76 bits per heavy atom. The molecule has 0 bridgehead atoms. The molecule has 1 aromatic heterocycles. The molecule has 1 aromatic rings. The summed E-state index contributed by atoms with van der Waals surface area (Å²) >= 11 is 10.1. The molecule has 2 rings (SSSR count). The van der Waals surface area contributed by atoms with Crippen molar-refractivity contribution >= 4 is 54.9 Å². The largest absolute Gasteiger partial charge is 0.480 e. The lowest BCUT2D eigenvalue weighted by Crippen LogP contribution is -2.52. The van der Waals surface area contributed by atoms with Crippen molar-refractivity contribution in [3.8, 4) is 0 Å². The predicted molar refractivity (Wildman–Crippen MR) is 85.4 cm³/mol. The van der Waals surface area contributed by atoms with Crippen LogP contribution in [0.2, 0.25) is 5.02 Å². The summed E-state index contributed by atoms with van der Waals surface area (Å²) in [6.45, 7) is 2.08. The van der Waals surface area contributed by atoms with Crippen LogP contribution in [0, 0.1) is 0 Å². The van der Waals surface area contributed by atoms with Gasteiger partial charge in [0.2, 0.25) is 0 Å². The van der Waals surface area contributed by atoms with Crippen LogP contribution in [0.4, 0.5) is 0 Å². The van der Waals surface area contributed by atoms with Gasteiger partial charge in [-0.2, -0.15) is 4.31 Å². The number of aliphatic carboxylic acids is 1. The molecule has 1 aliphatic heterocycles. The van der Waals surface area contributed by atoms with E-state index in [1.165, 1.54) is 6.07 Å². The van der Waals surface area contributed by atoms with E-state index in [9.17, 15) is 18.3 Å². The van der Waals surface area contributed by atoms with Crippen molar-refractivity contribution in [1.82, 2.24) is 4.31 Å². The first-order chi connectivity index (χ1) is 9.75. The monoisotopic (exact) mass is 415 g/mol. The quantitative estimate of drug-likeness (QED) is 0.796. The molecule has 0 spiro atoms. The molecule has 5 nitrogen and oxygen atoms in total. The number of sulfonamides is 1. The minimum Gasteiger partial charge on any atom is -0.480 e. The summed E-state index contributed by atoms with van der Waals surface area (Å²) in [7, 11) is -3.86. The van der Waals surface area contributed by atoms with Gasteiger partial charge < -0.3 is 5.11 Å². The standard InChI is InChI=1S/C12H15BrClNO4S2/c1-2-4-12(11(16)17)5-3-6-15(12)21(18,19)9-7-8(14)10(13)20-9/h7H,2-6H2,1H3,(H,16,17). The molecule has 0 radical (unpaired) electrons. The van der Waals surface area contributed by atoms with Crippen molar-refractivity contribution in [2.75, 3.05) is 6.54 Å². The van der Waals surface area contributed by atoms with E-state index in [0.29, 0.717) is 34.5 Å². The summed E-state index contributed by atoms with van der Waals surface area (Å²) < 4.78 is 27.3. The van der Waals surface area contributed by atoms with Gasteiger partial charge >= 0.3 is 5.97 Å². The maximum Gasteiger partial charge on any atom is 0.325 e. The summed E-state index contributed by atoms with van der Waals surface area (Å²) in [5.74, 6) is -1.08. The molecular weight excluding hydrogens is 402 g/mol. The van der Waals surface area contributed by atoms with Crippen molar-refractivity contribution < 1.29 is 18.3 Å². The van der Waals surface area contributed by atoms with Gasteiger partial charge in [0.15, 0.2) is 0 Å². The Kier molecular flexibility index (Phi) is 5.04. The second-order valence-electron chi connectivity index (χ2n) is 4.95. The Morgan fingerprint density at radius 1 is 1.62 bits per heavy atom. The maximum absolute atomic E-state index is 12.8. The van der Waals surface area contributed by atoms with Gasteiger partial charge in [-0.1, -0.05) is 24.9 Å². The lowest BCUT2D eigenvalue weighted by atomic mass is 9.92. The first-order valence-electron chi connectivity index (χ1n) is 6.47. The Hall–Kier alpha value is -0.150. The summed E-state index contributed by atoms with van der Waals surface area (Å²) in [6, 6.07) is 1.36. The summed E-state index contributed by atoms with van der Waals surface area (Å²) in [6.07, 6.45) is 1.80. The highest BCUT2D eigenvalue weighted by Gasteiger charge is 2.52. The third-order valence-corrected chi connectivity index (χ3v) is 8.55. The number of rotatable bonds is 5. The van der Waals surface area contributed by atoms with Crippen LogP contribution in [0.1, 0.15) is 32.6 Å². The minimum atomic E-state index is -3.86. The Morgan fingerprint density at radius 2 is 2.29 bits per heavy atom. The number of carbonyl (C=O) groups is 1. The third-order valence-electron chi connectivity index (χ3n) is 3.66. The van der Waals surface area contributed by atoms with Gasteiger partial charge in [0.1, 0.15) is 9.75 Å². The number of hydrogen-bond acceptors (Lipinski definition) is 4. The molecule has 1 unspecified atom stereocenters. The lowest BCUT2D eigenvalue weighted by Gasteiger charge is -2.33. The predicted octanol–water partition coefficient (Wildman–Crippen LogP) is 3.57. The number of thiophene rings is 1. The van der Waals surface area contributed by atoms with E-state index in [2.05, 4.69) is 15.9 Å².